The van der Waals surface area contributed by atoms with Crippen molar-refractivity contribution in [2.75, 3.05) is 13.2 Å². The SMILES string of the molecule is O=C(O)C12COC(C(=O)NC3CN(Cc4ccccc4)C4(CCCC4)C3)(C1)C2. The summed E-state index contributed by atoms with van der Waals surface area (Å²) in [7, 11) is 0. The Kier molecular flexibility index (Phi) is 4.07. The second-order valence-electron chi connectivity index (χ2n) is 9.39. The maximum atomic E-state index is 12.9. The Morgan fingerprint density at radius 3 is 2.54 bits per heavy atom. The fraction of sp³-hybridized carbons (Fsp3) is 0.636. The highest BCUT2D eigenvalue weighted by Gasteiger charge is 2.70. The van der Waals surface area contributed by atoms with Crippen LogP contribution in [-0.4, -0.2) is 52.2 Å². The number of carboxylic acid groups (broad SMARTS) is 1. The standard InChI is InChI=1S/C22H28N2O4/c25-18(22-13-20(14-22,15-28-22)19(26)27)23-17-10-21(8-4-5-9-21)24(12-17)11-16-6-2-1-3-7-16/h1-3,6-7,17H,4-5,8-15H2,(H,23,25)(H,26,27). The lowest BCUT2D eigenvalue weighted by atomic mass is 9.62. The summed E-state index contributed by atoms with van der Waals surface area (Å²) in [4.78, 5) is 27.0. The molecule has 1 atom stereocenters. The quantitative estimate of drug-likeness (QED) is 0.815. The first-order valence-corrected chi connectivity index (χ1v) is 10.4. The van der Waals surface area contributed by atoms with Crippen molar-refractivity contribution in [1.29, 1.82) is 0 Å². The van der Waals surface area contributed by atoms with E-state index in [1.807, 2.05) is 6.07 Å². The van der Waals surface area contributed by atoms with Crippen molar-refractivity contribution >= 4 is 11.9 Å². The Labute approximate surface area is 165 Å². The van der Waals surface area contributed by atoms with Crippen molar-refractivity contribution in [2.45, 2.75) is 68.7 Å². The van der Waals surface area contributed by atoms with Gasteiger partial charge in [0.1, 0.15) is 5.60 Å². The molecule has 2 bridgehead atoms. The number of fused-ring (bicyclic) bond motifs is 1. The van der Waals surface area contributed by atoms with Crippen molar-refractivity contribution in [3.8, 4) is 0 Å². The molecule has 6 nitrogen and oxygen atoms in total. The first kappa shape index (κ1) is 18.1. The van der Waals surface area contributed by atoms with E-state index < -0.39 is 17.0 Å². The van der Waals surface area contributed by atoms with Gasteiger partial charge in [-0.05, 0) is 24.8 Å². The maximum Gasteiger partial charge on any atom is 0.312 e. The van der Waals surface area contributed by atoms with Crippen molar-refractivity contribution in [1.82, 2.24) is 10.2 Å². The number of carbonyl (C=O) groups excluding carboxylic acids is 1. The molecule has 6 heteroatoms. The largest absolute Gasteiger partial charge is 0.481 e. The Morgan fingerprint density at radius 2 is 1.89 bits per heavy atom. The Balaban J connectivity index is 1.27. The van der Waals surface area contributed by atoms with E-state index in [-0.39, 0.29) is 24.1 Å². The van der Waals surface area contributed by atoms with E-state index in [0.717, 1.165) is 19.5 Å². The molecule has 1 aromatic rings. The molecular weight excluding hydrogens is 356 g/mol. The molecule has 0 radical (unpaired) electrons. The third-order valence-corrected chi connectivity index (χ3v) is 7.56. The molecule has 150 valence electrons. The van der Waals surface area contributed by atoms with Crippen molar-refractivity contribution in [2.24, 2.45) is 5.41 Å². The molecular formula is C22H28N2O4. The minimum atomic E-state index is -0.909. The van der Waals surface area contributed by atoms with E-state index in [9.17, 15) is 14.7 Å². The summed E-state index contributed by atoms with van der Waals surface area (Å²) in [5.74, 6) is -0.949. The number of likely N-dealkylation sites (tertiary alicyclic amines) is 1. The number of carboxylic acids is 1. The van der Waals surface area contributed by atoms with Gasteiger partial charge in [0.2, 0.25) is 0 Å². The summed E-state index contributed by atoms with van der Waals surface area (Å²) in [5, 5.41) is 12.6. The molecule has 2 saturated carbocycles. The lowest BCUT2D eigenvalue weighted by Crippen LogP contribution is -2.58. The molecule has 2 N–H and O–H groups in total. The zero-order valence-electron chi connectivity index (χ0n) is 16.2. The van der Waals surface area contributed by atoms with E-state index in [0.29, 0.717) is 12.8 Å². The maximum absolute atomic E-state index is 12.9. The van der Waals surface area contributed by atoms with Crippen LogP contribution in [-0.2, 0) is 20.9 Å². The third-order valence-electron chi connectivity index (χ3n) is 7.56. The second-order valence-corrected chi connectivity index (χ2v) is 9.39. The van der Waals surface area contributed by atoms with E-state index in [1.165, 1.54) is 31.2 Å². The molecule has 1 unspecified atom stereocenters. The molecule has 5 aliphatic rings. The highest BCUT2D eigenvalue weighted by Crippen LogP contribution is 2.58. The number of aliphatic carboxylic acids is 1. The molecule has 6 rings (SSSR count). The number of hydrogen-bond acceptors (Lipinski definition) is 4. The molecule has 1 aromatic carbocycles. The number of rotatable bonds is 5. The minimum absolute atomic E-state index is 0.104. The van der Waals surface area contributed by atoms with Gasteiger partial charge in [-0.15, -0.1) is 0 Å². The predicted octanol–water partition coefficient (Wildman–Crippen LogP) is 2.32. The van der Waals surface area contributed by atoms with Gasteiger partial charge in [0, 0.05) is 37.5 Å². The summed E-state index contributed by atoms with van der Waals surface area (Å²) >= 11 is 0. The van der Waals surface area contributed by atoms with Crippen LogP contribution in [0.5, 0.6) is 0 Å². The summed E-state index contributed by atoms with van der Waals surface area (Å²) in [6.45, 7) is 1.92. The van der Waals surface area contributed by atoms with Crippen molar-refractivity contribution in [3.63, 3.8) is 0 Å². The second kappa shape index (κ2) is 6.29. The number of amides is 1. The Morgan fingerprint density at radius 1 is 1.18 bits per heavy atom. The summed E-state index contributed by atoms with van der Waals surface area (Å²) in [6.07, 6.45) is 6.48. The number of carbonyl (C=O) groups is 2. The number of hydrogen-bond donors (Lipinski definition) is 2. The van der Waals surface area contributed by atoms with Crippen molar-refractivity contribution in [3.05, 3.63) is 35.9 Å². The molecule has 2 aliphatic carbocycles. The fourth-order valence-corrected chi connectivity index (χ4v) is 6.08. The van der Waals surface area contributed by atoms with Crippen LogP contribution in [0.2, 0.25) is 0 Å². The summed E-state index contributed by atoms with van der Waals surface area (Å²) in [5.41, 5.74) is -0.247. The molecule has 5 fully saturated rings. The zero-order valence-corrected chi connectivity index (χ0v) is 16.2. The van der Waals surface area contributed by atoms with Crippen LogP contribution in [0, 0.1) is 5.41 Å². The first-order valence-electron chi connectivity index (χ1n) is 10.4. The first-order chi connectivity index (χ1) is 13.5. The van der Waals surface area contributed by atoms with Gasteiger partial charge >= 0.3 is 5.97 Å². The molecule has 1 spiro atoms. The van der Waals surface area contributed by atoms with Crippen LogP contribution in [0.3, 0.4) is 0 Å². The average Bonchev–Trinajstić information content (AvgIpc) is 3.41. The molecule has 3 saturated heterocycles. The van der Waals surface area contributed by atoms with Crippen molar-refractivity contribution < 1.29 is 19.4 Å². The number of benzene rings is 1. The number of nitrogens with one attached hydrogen (secondary N) is 1. The smallest absolute Gasteiger partial charge is 0.312 e. The van der Waals surface area contributed by atoms with Gasteiger partial charge in [-0.25, -0.2) is 0 Å². The zero-order chi connectivity index (χ0) is 19.4. The molecule has 0 aromatic heterocycles. The third kappa shape index (κ3) is 2.69. The lowest BCUT2D eigenvalue weighted by Gasteiger charge is -2.40. The molecule has 3 aliphatic heterocycles. The number of nitrogens with zero attached hydrogens (tertiary/aromatic N) is 1. The van der Waals surface area contributed by atoms with Gasteiger partial charge in [-0.3, -0.25) is 14.5 Å². The van der Waals surface area contributed by atoms with Crippen LogP contribution in [0.1, 0.15) is 50.5 Å². The van der Waals surface area contributed by atoms with E-state index in [2.05, 4.69) is 34.5 Å². The van der Waals surface area contributed by atoms with Crippen LogP contribution < -0.4 is 5.32 Å². The topological polar surface area (TPSA) is 78.9 Å². The minimum Gasteiger partial charge on any atom is -0.481 e. The fourth-order valence-electron chi connectivity index (χ4n) is 6.08. The van der Waals surface area contributed by atoms with Gasteiger partial charge in [-0.1, -0.05) is 43.2 Å². The number of ether oxygens (including phenoxy) is 1. The van der Waals surface area contributed by atoms with Crippen LogP contribution >= 0.6 is 0 Å². The van der Waals surface area contributed by atoms with Crippen LogP contribution in [0.4, 0.5) is 0 Å². The van der Waals surface area contributed by atoms with E-state index in [4.69, 9.17) is 4.74 Å². The summed E-state index contributed by atoms with van der Waals surface area (Å²) in [6, 6.07) is 10.6. The van der Waals surface area contributed by atoms with Gasteiger partial charge < -0.3 is 15.2 Å². The predicted molar refractivity (Wildman–Crippen MR) is 103 cm³/mol. The van der Waals surface area contributed by atoms with Gasteiger partial charge in [0.05, 0.1) is 12.0 Å². The van der Waals surface area contributed by atoms with E-state index in [1.54, 1.807) is 0 Å². The van der Waals surface area contributed by atoms with Crippen LogP contribution in [0.15, 0.2) is 30.3 Å². The molecule has 3 heterocycles. The average molecular weight is 384 g/mol. The summed E-state index contributed by atoms with van der Waals surface area (Å²) < 4.78 is 5.68. The highest BCUT2D eigenvalue weighted by molar-refractivity contribution is 5.92. The molecule has 28 heavy (non-hydrogen) atoms. The normalized spacial score (nSPS) is 35.8. The van der Waals surface area contributed by atoms with Gasteiger partial charge in [0.15, 0.2) is 0 Å². The Hall–Kier alpha value is -1.92. The monoisotopic (exact) mass is 384 g/mol. The molecule has 1 amide bonds. The van der Waals surface area contributed by atoms with Gasteiger partial charge in [-0.2, -0.15) is 0 Å². The van der Waals surface area contributed by atoms with Gasteiger partial charge in [0.25, 0.3) is 5.91 Å². The van der Waals surface area contributed by atoms with E-state index >= 15 is 0 Å². The lowest BCUT2D eigenvalue weighted by molar-refractivity contribution is -0.158. The highest BCUT2D eigenvalue weighted by atomic mass is 16.5. The van der Waals surface area contributed by atoms with Crippen LogP contribution in [0.25, 0.3) is 0 Å². The Bertz CT molecular complexity index is 781.